The lowest BCUT2D eigenvalue weighted by molar-refractivity contribution is 0.0600. The van der Waals surface area contributed by atoms with Crippen LogP contribution in [-0.2, 0) is 11.3 Å². The van der Waals surface area contributed by atoms with Gasteiger partial charge in [-0.3, -0.25) is 4.79 Å². The molecule has 2 N–H and O–H groups in total. The summed E-state index contributed by atoms with van der Waals surface area (Å²) < 4.78 is 18.3. The minimum absolute atomic E-state index is 0.208. The van der Waals surface area contributed by atoms with Crippen LogP contribution in [0, 0.1) is 5.82 Å². The molecule has 142 valence electrons. The summed E-state index contributed by atoms with van der Waals surface area (Å²) in [6.07, 6.45) is 1.50. The average Bonchev–Trinajstić information content (AvgIpc) is 2.73. The number of nitrogens with one attached hydrogen (secondary N) is 2. The van der Waals surface area contributed by atoms with Gasteiger partial charge in [-0.15, -0.1) is 0 Å². The molecular formula is C21H18FN3O3. The predicted octanol–water partition coefficient (Wildman–Crippen LogP) is 3.87. The smallest absolute Gasteiger partial charge is 0.337 e. The first-order valence-electron chi connectivity index (χ1n) is 8.50. The Kier molecular flexibility index (Phi) is 5.96. The maximum atomic E-state index is 13.6. The van der Waals surface area contributed by atoms with Crippen LogP contribution in [0.3, 0.4) is 0 Å². The van der Waals surface area contributed by atoms with Crippen molar-refractivity contribution in [2.24, 2.45) is 0 Å². The van der Waals surface area contributed by atoms with Crippen molar-refractivity contribution in [1.29, 1.82) is 0 Å². The van der Waals surface area contributed by atoms with Gasteiger partial charge >= 0.3 is 5.97 Å². The first-order valence-corrected chi connectivity index (χ1v) is 8.50. The number of carbonyl (C=O) groups is 2. The quantitative estimate of drug-likeness (QED) is 0.636. The third-order valence-corrected chi connectivity index (χ3v) is 3.98. The van der Waals surface area contributed by atoms with Gasteiger partial charge in [0.1, 0.15) is 11.5 Å². The monoisotopic (exact) mass is 379 g/mol. The molecule has 2 aromatic carbocycles. The van der Waals surface area contributed by atoms with Crippen molar-refractivity contribution in [3.05, 3.63) is 89.5 Å². The summed E-state index contributed by atoms with van der Waals surface area (Å²) in [4.78, 5) is 28.0. The molecule has 0 atom stereocenters. The Hall–Kier alpha value is -3.74. The first kappa shape index (κ1) is 19.0. The number of hydrogen-bond acceptors (Lipinski definition) is 5. The topological polar surface area (TPSA) is 80.3 Å². The Balaban J connectivity index is 1.62. The fourth-order valence-electron chi connectivity index (χ4n) is 2.51. The number of methoxy groups -OCH3 is 1. The van der Waals surface area contributed by atoms with Gasteiger partial charge in [0.25, 0.3) is 5.91 Å². The summed E-state index contributed by atoms with van der Waals surface area (Å²) >= 11 is 0. The molecule has 0 fully saturated rings. The number of benzene rings is 2. The second-order valence-corrected chi connectivity index (χ2v) is 5.90. The summed E-state index contributed by atoms with van der Waals surface area (Å²) in [7, 11) is 1.29. The molecule has 1 aromatic heterocycles. The minimum Gasteiger partial charge on any atom is -0.465 e. The van der Waals surface area contributed by atoms with E-state index in [1.807, 2.05) is 0 Å². The Labute approximate surface area is 161 Å². The van der Waals surface area contributed by atoms with Crippen molar-refractivity contribution < 1.29 is 18.7 Å². The molecule has 0 spiro atoms. The van der Waals surface area contributed by atoms with E-state index < -0.39 is 11.9 Å². The number of hydrogen-bond donors (Lipinski definition) is 2. The highest BCUT2D eigenvalue weighted by Gasteiger charge is 2.10. The van der Waals surface area contributed by atoms with Gasteiger partial charge in [-0.2, -0.15) is 0 Å². The van der Waals surface area contributed by atoms with Gasteiger partial charge in [0.05, 0.1) is 24.6 Å². The highest BCUT2D eigenvalue weighted by atomic mass is 19.1. The lowest BCUT2D eigenvalue weighted by Crippen LogP contribution is -2.14. The summed E-state index contributed by atoms with van der Waals surface area (Å²) in [6, 6.07) is 16.2. The molecule has 1 amide bonds. The molecule has 0 unspecified atom stereocenters. The van der Waals surface area contributed by atoms with Gasteiger partial charge in [-0.1, -0.05) is 24.3 Å². The molecule has 0 aliphatic rings. The van der Waals surface area contributed by atoms with Gasteiger partial charge < -0.3 is 15.4 Å². The van der Waals surface area contributed by atoms with Gasteiger partial charge in [0.2, 0.25) is 0 Å². The van der Waals surface area contributed by atoms with Crippen LogP contribution in [0.1, 0.15) is 26.4 Å². The number of amides is 1. The first-order chi connectivity index (χ1) is 13.6. The highest BCUT2D eigenvalue weighted by Crippen LogP contribution is 2.14. The number of esters is 1. The van der Waals surface area contributed by atoms with Crippen LogP contribution in [0.15, 0.2) is 66.9 Å². The molecule has 3 rings (SSSR count). The van der Waals surface area contributed by atoms with Crippen molar-refractivity contribution in [2.75, 3.05) is 17.7 Å². The number of rotatable bonds is 6. The van der Waals surface area contributed by atoms with E-state index in [9.17, 15) is 14.0 Å². The number of pyridine rings is 1. The molecule has 0 radical (unpaired) electrons. The van der Waals surface area contributed by atoms with Crippen LogP contribution >= 0.6 is 0 Å². The Bertz CT molecular complexity index is 990. The van der Waals surface area contributed by atoms with Gasteiger partial charge in [-0.25, -0.2) is 14.2 Å². The number of halogens is 1. The molecular weight excluding hydrogens is 361 g/mol. The lowest BCUT2D eigenvalue weighted by Gasteiger charge is -2.09. The largest absolute Gasteiger partial charge is 0.465 e. The fraction of sp³-hybridized carbons (Fsp3) is 0.0952. The van der Waals surface area contributed by atoms with Crippen LogP contribution in [0.4, 0.5) is 15.8 Å². The second-order valence-electron chi connectivity index (χ2n) is 5.90. The molecule has 6 nitrogen and oxygen atoms in total. The maximum absolute atomic E-state index is 13.6. The molecule has 0 bridgehead atoms. The van der Waals surface area contributed by atoms with E-state index in [2.05, 4.69) is 20.4 Å². The van der Waals surface area contributed by atoms with Crippen molar-refractivity contribution in [2.45, 2.75) is 6.54 Å². The molecule has 0 saturated heterocycles. The lowest BCUT2D eigenvalue weighted by atomic mass is 10.2. The van der Waals surface area contributed by atoms with Crippen molar-refractivity contribution in [3.8, 4) is 0 Å². The van der Waals surface area contributed by atoms with Crippen LogP contribution in [0.2, 0.25) is 0 Å². The zero-order chi connectivity index (χ0) is 19.9. The van der Waals surface area contributed by atoms with Crippen LogP contribution in [0.25, 0.3) is 0 Å². The summed E-state index contributed by atoms with van der Waals surface area (Å²) in [5, 5.41) is 5.74. The summed E-state index contributed by atoms with van der Waals surface area (Å²) in [5.74, 6) is -1.18. The Morgan fingerprint density at radius 1 is 1.04 bits per heavy atom. The van der Waals surface area contributed by atoms with Crippen molar-refractivity contribution in [3.63, 3.8) is 0 Å². The van der Waals surface area contributed by atoms with Crippen LogP contribution < -0.4 is 10.6 Å². The van der Waals surface area contributed by atoms with E-state index in [-0.39, 0.29) is 11.5 Å². The second kappa shape index (κ2) is 8.77. The number of aromatic nitrogens is 1. The van der Waals surface area contributed by atoms with Crippen LogP contribution in [0.5, 0.6) is 0 Å². The van der Waals surface area contributed by atoms with Gasteiger partial charge in [0.15, 0.2) is 0 Å². The molecule has 7 heteroatoms. The normalized spacial score (nSPS) is 10.2. The Morgan fingerprint density at radius 3 is 2.57 bits per heavy atom. The van der Waals surface area contributed by atoms with Gasteiger partial charge in [-0.05, 0) is 36.4 Å². The standard InChI is InChI=1S/C21H18FN3O3/c1-28-21(27)14-6-4-7-16(11-14)25-20(26)19-10-9-17(13-24-19)23-12-15-5-2-3-8-18(15)22/h2-11,13,23H,12H2,1H3,(H,25,26). The predicted molar refractivity (Wildman–Crippen MR) is 104 cm³/mol. The maximum Gasteiger partial charge on any atom is 0.337 e. The summed E-state index contributed by atoms with van der Waals surface area (Å²) in [6.45, 7) is 0.306. The molecule has 0 saturated carbocycles. The number of anilines is 2. The molecule has 1 heterocycles. The average molecular weight is 379 g/mol. The zero-order valence-electron chi connectivity index (χ0n) is 15.1. The SMILES string of the molecule is COC(=O)c1cccc(NC(=O)c2ccc(NCc3ccccc3F)cn2)c1. The van der Waals surface area contributed by atoms with E-state index in [0.717, 1.165) is 0 Å². The molecule has 28 heavy (non-hydrogen) atoms. The third kappa shape index (κ3) is 4.70. The Morgan fingerprint density at radius 2 is 1.86 bits per heavy atom. The highest BCUT2D eigenvalue weighted by molar-refractivity contribution is 6.03. The minimum atomic E-state index is -0.487. The molecule has 0 aliphatic heterocycles. The van der Waals surface area contributed by atoms with E-state index in [1.165, 1.54) is 25.4 Å². The van der Waals surface area contributed by atoms with E-state index in [0.29, 0.717) is 29.0 Å². The number of nitrogens with zero attached hydrogens (tertiary/aromatic N) is 1. The van der Waals surface area contributed by atoms with E-state index >= 15 is 0 Å². The van der Waals surface area contributed by atoms with Crippen molar-refractivity contribution in [1.82, 2.24) is 4.98 Å². The summed E-state index contributed by atoms with van der Waals surface area (Å²) in [5.41, 5.74) is 2.19. The number of ether oxygens (including phenoxy) is 1. The molecule has 0 aliphatic carbocycles. The fourth-order valence-corrected chi connectivity index (χ4v) is 2.51. The van der Waals surface area contributed by atoms with E-state index in [1.54, 1.807) is 48.5 Å². The van der Waals surface area contributed by atoms with E-state index in [4.69, 9.17) is 0 Å². The molecule has 3 aromatic rings. The zero-order valence-corrected chi connectivity index (χ0v) is 15.1. The van der Waals surface area contributed by atoms with Gasteiger partial charge in [0, 0.05) is 17.8 Å². The number of carbonyl (C=O) groups excluding carboxylic acids is 2. The van der Waals surface area contributed by atoms with Crippen LogP contribution in [-0.4, -0.2) is 24.0 Å². The third-order valence-electron chi connectivity index (χ3n) is 3.98. The van der Waals surface area contributed by atoms with Crippen molar-refractivity contribution >= 4 is 23.3 Å².